The van der Waals surface area contributed by atoms with Gasteiger partial charge in [-0.3, -0.25) is 4.79 Å². The minimum Gasteiger partial charge on any atom is -0.361 e. The van der Waals surface area contributed by atoms with Crippen molar-refractivity contribution in [1.29, 1.82) is 0 Å². The topological polar surface area (TPSA) is 62.7 Å². The number of halogens is 2. The van der Waals surface area contributed by atoms with E-state index in [0.717, 1.165) is 23.1 Å². The van der Waals surface area contributed by atoms with Crippen LogP contribution in [0.4, 0.5) is 0 Å². The Hall–Kier alpha value is -2.76. The summed E-state index contributed by atoms with van der Waals surface area (Å²) in [6.07, 6.45) is 2.71. The minimum atomic E-state index is -0.224. The SMILES string of the molecule is Cc1nn(Cc2ccccc2Cl)c(Cl)c1C(=O)NCCc1c[nH]c2ccccc12. The van der Waals surface area contributed by atoms with Crippen LogP contribution < -0.4 is 5.32 Å². The highest BCUT2D eigenvalue weighted by Gasteiger charge is 2.20. The predicted molar refractivity (Wildman–Crippen MR) is 117 cm³/mol. The average Bonchev–Trinajstić information content (AvgIpc) is 3.24. The lowest BCUT2D eigenvalue weighted by molar-refractivity contribution is 0.0953. The van der Waals surface area contributed by atoms with Crippen molar-refractivity contribution in [1.82, 2.24) is 20.1 Å². The zero-order chi connectivity index (χ0) is 20.4. The minimum absolute atomic E-state index is 0.224. The van der Waals surface area contributed by atoms with E-state index in [0.29, 0.717) is 34.5 Å². The molecule has 0 atom stereocenters. The van der Waals surface area contributed by atoms with Gasteiger partial charge in [0.25, 0.3) is 5.91 Å². The second-order valence-corrected chi connectivity index (χ2v) is 7.63. The molecule has 0 spiro atoms. The van der Waals surface area contributed by atoms with Crippen molar-refractivity contribution in [3.63, 3.8) is 0 Å². The van der Waals surface area contributed by atoms with E-state index in [4.69, 9.17) is 23.2 Å². The summed E-state index contributed by atoms with van der Waals surface area (Å²) in [6.45, 7) is 2.69. The lowest BCUT2D eigenvalue weighted by Crippen LogP contribution is -2.26. The average molecular weight is 427 g/mol. The number of aromatic nitrogens is 3. The van der Waals surface area contributed by atoms with Gasteiger partial charge in [-0.15, -0.1) is 0 Å². The molecule has 7 heteroatoms. The zero-order valence-corrected chi connectivity index (χ0v) is 17.4. The first-order chi connectivity index (χ1) is 14.0. The summed E-state index contributed by atoms with van der Waals surface area (Å²) in [6, 6.07) is 15.6. The number of amides is 1. The van der Waals surface area contributed by atoms with Gasteiger partial charge >= 0.3 is 0 Å². The lowest BCUT2D eigenvalue weighted by atomic mass is 10.1. The Morgan fingerprint density at radius 3 is 2.69 bits per heavy atom. The summed E-state index contributed by atoms with van der Waals surface area (Å²) in [7, 11) is 0. The van der Waals surface area contributed by atoms with Gasteiger partial charge in [-0.1, -0.05) is 59.6 Å². The van der Waals surface area contributed by atoms with Crippen LogP contribution in [0, 0.1) is 6.92 Å². The summed E-state index contributed by atoms with van der Waals surface area (Å²) < 4.78 is 1.60. The van der Waals surface area contributed by atoms with Crippen molar-refractivity contribution >= 4 is 40.0 Å². The van der Waals surface area contributed by atoms with E-state index in [2.05, 4.69) is 21.5 Å². The summed E-state index contributed by atoms with van der Waals surface area (Å²) >= 11 is 12.7. The molecule has 0 saturated carbocycles. The van der Waals surface area contributed by atoms with Crippen LogP contribution in [0.1, 0.15) is 27.2 Å². The van der Waals surface area contributed by atoms with Crippen LogP contribution in [-0.4, -0.2) is 27.2 Å². The van der Waals surface area contributed by atoms with Crippen LogP contribution in [-0.2, 0) is 13.0 Å². The fourth-order valence-electron chi connectivity index (χ4n) is 3.44. The predicted octanol–water partition coefficient (Wildman–Crippen LogP) is 5.00. The number of nitrogens with zero attached hydrogens (tertiary/aromatic N) is 2. The van der Waals surface area contributed by atoms with Crippen molar-refractivity contribution in [3.8, 4) is 0 Å². The second-order valence-electron chi connectivity index (χ2n) is 6.87. The Labute approximate surface area is 178 Å². The van der Waals surface area contributed by atoms with Crippen molar-refractivity contribution in [3.05, 3.63) is 87.3 Å². The molecule has 0 aliphatic carbocycles. The van der Waals surface area contributed by atoms with Gasteiger partial charge in [0.15, 0.2) is 0 Å². The van der Waals surface area contributed by atoms with Crippen LogP contribution in [0.15, 0.2) is 54.7 Å². The standard InChI is InChI=1S/C22H20Cl2N4O/c1-14-20(21(24)28(27-14)13-16-6-2-4-8-18(16)23)22(29)25-11-10-15-12-26-19-9-5-3-7-17(15)19/h2-9,12,26H,10-11,13H2,1H3,(H,25,29). The molecule has 0 unspecified atom stereocenters. The number of aryl methyl sites for hydroxylation is 1. The van der Waals surface area contributed by atoms with Gasteiger partial charge < -0.3 is 10.3 Å². The highest BCUT2D eigenvalue weighted by atomic mass is 35.5. The van der Waals surface area contributed by atoms with Crippen LogP contribution in [0.25, 0.3) is 10.9 Å². The molecule has 0 fully saturated rings. The monoisotopic (exact) mass is 426 g/mol. The summed E-state index contributed by atoms with van der Waals surface area (Å²) in [4.78, 5) is 16.0. The molecule has 148 valence electrons. The number of hydrogen-bond donors (Lipinski definition) is 2. The molecular formula is C22H20Cl2N4O. The molecule has 0 bridgehead atoms. The number of rotatable bonds is 6. The van der Waals surface area contributed by atoms with Gasteiger partial charge in [-0.2, -0.15) is 5.10 Å². The number of para-hydroxylation sites is 1. The molecule has 2 N–H and O–H groups in total. The van der Waals surface area contributed by atoms with Crippen LogP contribution in [0.5, 0.6) is 0 Å². The first kappa shape index (κ1) is 19.6. The van der Waals surface area contributed by atoms with Crippen molar-refractivity contribution in [2.45, 2.75) is 19.9 Å². The molecule has 29 heavy (non-hydrogen) atoms. The number of H-pyrrole nitrogens is 1. The number of carbonyl (C=O) groups excluding carboxylic acids is 1. The maximum atomic E-state index is 12.7. The van der Waals surface area contributed by atoms with Gasteiger partial charge in [0, 0.05) is 28.7 Å². The molecule has 5 nitrogen and oxygen atoms in total. The number of aromatic amines is 1. The molecule has 2 aromatic carbocycles. The lowest BCUT2D eigenvalue weighted by Gasteiger charge is -2.07. The molecule has 2 aromatic heterocycles. The van der Waals surface area contributed by atoms with Crippen LogP contribution >= 0.6 is 23.2 Å². The molecule has 4 aromatic rings. The third-order valence-electron chi connectivity index (χ3n) is 4.93. The van der Waals surface area contributed by atoms with E-state index in [9.17, 15) is 4.79 Å². The van der Waals surface area contributed by atoms with E-state index in [1.165, 1.54) is 5.39 Å². The Morgan fingerprint density at radius 1 is 1.10 bits per heavy atom. The Balaban J connectivity index is 1.45. The summed E-state index contributed by atoms with van der Waals surface area (Å²) in [5.74, 6) is -0.224. The smallest absolute Gasteiger partial charge is 0.256 e. The zero-order valence-electron chi connectivity index (χ0n) is 15.9. The van der Waals surface area contributed by atoms with E-state index < -0.39 is 0 Å². The third-order valence-corrected chi connectivity index (χ3v) is 5.68. The van der Waals surface area contributed by atoms with Gasteiger partial charge in [-0.05, 0) is 36.6 Å². The Kier molecular flexibility index (Phi) is 5.60. The molecular weight excluding hydrogens is 407 g/mol. The van der Waals surface area contributed by atoms with Crippen molar-refractivity contribution < 1.29 is 4.79 Å². The first-order valence-electron chi connectivity index (χ1n) is 9.34. The van der Waals surface area contributed by atoms with E-state index in [1.54, 1.807) is 11.6 Å². The maximum absolute atomic E-state index is 12.7. The first-order valence-corrected chi connectivity index (χ1v) is 10.1. The number of benzene rings is 2. The Bertz CT molecular complexity index is 1180. The molecule has 1 amide bonds. The highest BCUT2D eigenvalue weighted by Crippen LogP contribution is 2.23. The summed E-state index contributed by atoms with van der Waals surface area (Å²) in [5, 5.41) is 9.50. The number of nitrogens with one attached hydrogen (secondary N) is 2. The molecule has 0 aliphatic rings. The quantitative estimate of drug-likeness (QED) is 0.455. The van der Waals surface area contributed by atoms with E-state index >= 15 is 0 Å². The van der Waals surface area contributed by atoms with Crippen LogP contribution in [0.2, 0.25) is 10.2 Å². The number of fused-ring (bicyclic) bond motifs is 1. The highest BCUT2D eigenvalue weighted by molar-refractivity contribution is 6.33. The number of carbonyl (C=O) groups is 1. The maximum Gasteiger partial charge on any atom is 0.256 e. The van der Waals surface area contributed by atoms with Crippen molar-refractivity contribution in [2.75, 3.05) is 6.54 Å². The van der Waals surface area contributed by atoms with E-state index in [-0.39, 0.29) is 5.91 Å². The fraction of sp³-hybridized carbons (Fsp3) is 0.182. The molecule has 0 radical (unpaired) electrons. The van der Waals surface area contributed by atoms with Gasteiger partial charge in [0.1, 0.15) is 5.15 Å². The van der Waals surface area contributed by atoms with Gasteiger partial charge in [0.2, 0.25) is 0 Å². The fourth-order valence-corrected chi connectivity index (χ4v) is 3.96. The molecule has 0 saturated heterocycles. The second kappa shape index (κ2) is 8.31. The van der Waals surface area contributed by atoms with E-state index in [1.807, 2.05) is 48.7 Å². The largest absolute Gasteiger partial charge is 0.361 e. The number of hydrogen-bond acceptors (Lipinski definition) is 2. The normalized spacial score (nSPS) is 11.1. The molecule has 4 rings (SSSR count). The van der Waals surface area contributed by atoms with Gasteiger partial charge in [-0.25, -0.2) is 4.68 Å². The van der Waals surface area contributed by atoms with Crippen molar-refractivity contribution in [2.24, 2.45) is 0 Å². The Morgan fingerprint density at radius 2 is 1.86 bits per heavy atom. The molecule has 2 heterocycles. The molecule has 0 aliphatic heterocycles. The van der Waals surface area contributed by atoms with Crippen LogP contribution in [0.3, 0.4) is 0 Å². The summed E-state index contributed by atoms with van der Waals surface area (Å²) in [5.41, 5.74) is 4.14. The van der Waals surface area contributed by atoms with Gasteiger partial charge in [0.05, 0.1) is 17.8 Å². The third kappa shape index (κ3) is 4.02.